The number of hydrogen-bond donors (Lipinski definition) is 0. The summed E-state index contributed by atoms with van der Waals surface area (Å²) >= 11 is 0. The van der Waals surface area contributed by atoms with E-state index in [2.05, 4.69) is 24.3 Å². The molecule has 15 heavy (non-hydrogen) atoms. The van der Waals surface area contributed by atoms with Crippen LogP contribution >= 0.6 is 0 Å². The molecule has 0 aromatic rings. The summed E-state index contributed by atoms with van der Waals surface area (Å²) in [6.45, 7) is 4.00. The fourth-order valence-corrected chi connectivity index (χ4v) is 0.680. The van der Waals surface area contributed by atoms with Gasteiger partial charge in [-0.3, -0.25) is 12.2 Å². The van der Waals surface area contributed by atoms with Crippen molar-refractivity contribution in [1.82, 2.24) is 0 Å². The van der Waals surface area contributed by atoms with E-state index in [1.807, 2.05) is 37.9 Å². The largest absolute Gasteiger partial charge is 2.00 e. The van der Waals surface area contributed by atoms with Gasteiger partial charge in [-0.15, -0.1) is 12.8 Å². The van der Waals surface area contributed by atoms with Crippen LogP contribution in [0.4, 0.5) is 0 Å². The van der Waals surface area contributed by atoms with E-state index in [4.69, 9.17) is 9.59 Å². The van der Waals surface area contributed by atoms with Gasteiger partial charge in [0.05, 0.1) is 0 Å². The normalized spacial score (nSPS) is 12.3. The Kier molecular flexibility index (Phi) is 30.2. The molecule has 0 N–H and O–H groups in total. The summed E-state index contributed by atoms with van der Waals surface area (Å²) < 4.78 is 0. The minimum absolute atomic E-state index is 0. The Morgan fingerprint density at radius 3 is 1.20 bits per heavy atom. The van der Waals surface area contributed by atoms with E-state index in [-0.39, 0.29) is 21.7 Å². The molecule has 0 heterocycles. The van der Waals surface area contributed by atoms with Crippen molar-refractivity contribution in [3.05, 3.63) is 48.6 Å². The van der Waals surface area contributed by atoms with E-state index < -0.39 is 0 Å². The summed E-state index contributed by atoms with van der Waals surface area (Å²) in [6, 6.07) is 0. The van der Waals surface area contributed by atoms with E-state index in [1.54, 1.807) is 0 Å². The van der Waals surface area contributed by atoms with Crippen LogP contribution in [0.5, 0.6) is 0 Å². The first-order valence-electron chi connectivity index (χ1n) is 4.01. The van der Waals surface area contributed by atoms with Crippen LogP contribution in [0.15, 0.2) is 36.5 Å². The van der Waals surface area contributed by atoms with E-state index in [0.717, 1.165) is 12.8 Å². The molecule has 0 aromatic heterocycles. The molecule has 0 saturated heterocycles. The maximum Gasteiger partial charge on any atom is 2.00 e. The molecule has 3 heteroatoms. The summed E-state index contributed by atoms with van der Waals surface area (Å²) in [4.78, 5) is 16.0. The molecule has 0 aliphatic heterocycles. The molecule has 2 rings (SSSR count). The van der Waals surface area contributed by atoms with Crippen LogP contribution in [-0.4, -0.2) is 13.6 Å². The third-order valence-electron chi connectivity index (χ3n) is 1.17. The average Bonchev–Trinajstić information content (AvgIpc) is 3.01. The van der Waals surface area contributed by atoms with Crippen molar-refractivity contribution in [3.63, 3.8) is 0 Å². The van der Waals surface area contributed by atoms with Gasteiger partial charge in [0.1, 0.15) is 13.6 Å². The summed E-state index contributed by atoms with van der Waals surface area (Å²) in [7, 11) is 0. The Labute approximate surface area is 106 Å². The van der Waals surface area contributed by atoms with Crippen molar-refractivity contribution in [2.75, 3.05) is 0 Å². The van der Waals surface area contributed by atoms with Gasteiger partial charge in [-0.05, 0) is 0 Å². The molecule has 0 amide bonds. The maximum atomic E-state index is 8.00. The maximum absolute atomic E-state index is 8.00. The summed E-state index contributed by atoms with van der Waals surface area (Å²) in [5, 5.41) is 0. The van der Waals surface area contributed by atoms with Crippen LogP contribution in [0.2, 0.25) is 0 Å². The first-order valence-corrected chi connectivity index (χ1v) is 4.01. The Morgan fingerprint density at radius 2 is 1.13 bits per heavy atom. The summed E-state index contributed by atoms with van der Waals surface area (Å²) in [5.74, 6) is 0. The second kappa shape index (κ2) is 23.1. The van der Waals surface area contributed by atoms with Gasteiger partial charge in [0.2, 0.25) is 0 Å². The van der Waals surface area contributed by atoms with E-state index >= 15 is 0 Å². The third-order valence-corrected chi connectivity index (χ3v) is 1.17. The molecule has 0 spiro atoms. The monoisotopic (exact) mass is 238 g/mol. The average molecular weight is 238 g/mol. The number of allylic oxidation sites excluding steroid dienone is 8. The predicted octanol–water partition coefficient (Wildman–Crippen LogP) is 2.24. The van der Waals surface area contributed by atoms with E-state index in [0.29, 0.717) is 0 Å². The van der Waals surface area contributed by atoms with Crippen molar-refractivity contribution in [2.24, 2.45) is 0 Å². The quantitative estimate of drug-likeness (QED) is 0.479. The van der Waals surface area contributed by atoms with Gasteiger partial charge in [-0.1, -0.05) is 0 Å². The molecular weight excluding hydrogens is 224 g/mol. The van der Waals surface area contributed by atoms with E-state index in [1.165, 1.54) is 0 Å². The van der Waals surface area contributed by atoms with Gasteiger partial charge in [0.25, 0.3) is 0 Å². The minimum Gasteiger partial charge on any atom is -0.307 e. The van der Waals surface area contributed by atoms with Gasteiger partial charge < -0.3 is 9.59 Å². The van der Waals surface area contributed by atoms with Crippen molar-refractivity contribution in [1.29, 1.82) is 0 Å². The van der Waals surface area contributed by atoms with Crippen molar-refractivity contribution < 1.29 is 31.3 Å². The molecule has 2 nitrogen and oxygen atoms in total. The molecule has 0 unspecified atom stereocenters. The molecule has 0 aromatic carbocycles. The van der Waals surface area contributed by atoms with Crippen LogP contribution in [0.3, 0.4) is 0 Å². The van der Waals surface area contributed by atoms with Crippen molar-refractivity contribution in [2.45, 2.75) is 12.8 Å². The third kappa shape index (κ3) is 19.4. The second-order valence-corrected chi connectivity index (χ2v) is 2.01. The molecule has 0 saturated carbocycles. The SMILES string of the molecule is C=O.C=O.[C-]1=CC=CC1.[C-]1=CC=CC1.[Ti+2]. The Morgan fingerprint density at radius 1 is 0.800 bits per heavy atom. The minimum atomic E-state index is 0. The smallest absolute Gasteiger partial charge is 0.307 e. The predicted molar refractivity (Wildman–Crippen MR) is 57.4 cm³/mol. The van der Waals surface area contributed by atoms with Gasteiger partial charge in [0.15, 0.2) is 0 Å². The van der Waals surface area contributed by atoms with Crippen LogP contribution < -0.4 is 0 Å². The van der Waals surface area contributed by atoms with Crippen LogP contribution in [-0.2, 0) is 31.3 Å². The molecule has 2 aliphatic rings. The van der Waals surface area contributed by atoms with Gasteiger partial charge in [0, 0.05) is 0 Å². The molecule has 0 bridgehead atoms. The second-order valence-electron chi connectivity index (χ2n) is 2.01. The number of carbonyl (C=O) groups excluding carboxylic acids is 2. The molecular formula is C12H14O2Ti. The van der Waals surface area contributed by atoms with Crippen LogP contribution in [0, 0.1) is 12.2 Å². The Hall–Kier alpha value is -0.986. The fourth-order valence-electron chi connectivity index (χ4n) is 0.680. The van der Waals surface area contributed by atoms with Crippen molar-refractivity contribution >= 4 is 13.6 Å². The molecule has 0 radical (unpaired) electrons. The zero-order valence-corrected chi connectivity index (χ0v) is 10.2. The van der Waals surface area contributed by atoms with Gasteiger partial charge in [-0.25, -0.2) is 24.3 Å². The van der Waals surface area contributed by atoms with Crippen LogP contribution in [0.1, 0.15) is 12.8 Å². The van der Waals surface area contributed by atoms with Crippen molar-refractivity contribution in [3.8, 4) is 0 Å². The molecule has 78 valence electrons. The number of rotatable bonds is 0. The Balaban J connectivity index is -0.000000138. The first-order chi connectivity index (χ1) is 7.00. The number of carbonyl (C=O) groups is 2. The van der Waals surface area contributed by atoms with Crippen LogP contribution in [0.25, 0.3) is 0 Å². The van der Waals surface area contributed by atoms with E-state index in [9.17, 15) is 0 Å². The van der Waals surface area contributed by atoms with Gasteiger partial charge >= 0.3 is 21.7 Å². The first kappa shape index (κ1) is 19.6. The summed E-state index contributed by atoms with van der Waals surface area (Å²) in [5.41, 5.74) is 0. The Bertz CT molecular complexity index is 174. The molecule has 2 aliphatic carbocycles. The standard InChI is InChI=1S/2C5H5.2CH2O.Ti/c2*1-2-4-5-3-1;2*1-2;/h2*1-3H,4H2;2*1H2;/q2*-1;;;+2. The summed E-state index contributed by atoms with van der Waals surface area (Å²) in [6.07, 6.45) is 20.0. The van der Waals surface area contributed by atoms with Gasteiger partial charge in [-0.2, -0.15) is 12.2 Å². The fraction of sp³-hybridized carbons (Fsp3) is 0.167. The topological polar surface area (TPSA) is 34.1 Å². The zero-order valence-electron chi connectivity index (χ0n) is 8.61. The number of hydrogen-bond acceptors (Lipinski definition) is 2. The molecule has 0 fully saturated rings. The zero-order chi connectivity index (χ0) is 11.1. The molecule has 0 atom stereocenters.